The summed E-state index contributed by atoms with van der Waals surface area (Å²) in [7, 11) is -1.13. The summed E-state index contributed by atoms with van der Waals surface area (Å²) in [6.45, 7) is 6.51. The average Bonchev–Trinajstić information content (AvgIpc) is 1.30. The van der Waals surface area contributed by atoms with E-state index in [0.29, 0.717) is 0 Å². The first kappa shape index (κ1) is 7.30. The van der Waals surface area contributed by atoms with Crippen LogP contribution in [0.5, 0.6) is 0 Å². The van der Waals surface area contributed by atoms with Crippen molar-refractivity contribution < 1.29 is 16.0 Å². The average molecular weight is 161 g/mol. The predicted molar refractivity (Wildman–Crippen MR) is 31.1 cm³/mol. The van der Waals surface area contributed by atoms with Gasteiger partial charge in [-0.15, -0.1) is 0 Å². The Morgan fingerprint density at radius 2 is 1.71 bits per heavy atom. The Kier molecular flexibility index (Phi) is 2.67. The molecule has 0 saturated carbocycles. The van der Waals surface area contributed by atoms with E-state index in [0.717, 1.165) is 0 Å². The van der Waals surface area contributed by atoms with Gasteiger partial charge in [-0.1, -0.05) is 0 Å². The van der Waals surface area contributed by atoms with E-state index in [1.165, 1.54) is 0 Å². The van der Waals surface area contributed by atoms with Crippen LogP contribution in [0, 0.1) is 10.4 Å². The summed E-state index contributed by atoms with van der Waals surface area (Å²) in [5.74, 6) is 0. The zero-order valence-electron chi connectivity index (χ0n) is 4.80. The van der Waals surface area contributed by atoms with E-state index >= 15 is 0 Å². The molecule has 0 aliphatic carbocycles. The molecule has 2 heteroatoms. The van der Waals surface area contributed by atoms with E-state index < -0.39 is 8.07 Å². The minimum absolute atomic E-state index is 1.13. The molecule has 0 saturated heterocycles. The van der Waals surface area contributed by atoms with Gasteiger partial charge in [0.05, 0.1) is 0 Å². The molecule has 0 bridgehead atoms. The molecule has 0 aliphatic rings. The van der Waals surface area contributed by atoms with Gasteiger partial charge in [-0.2, -0.15) is 0 Å². The van der Waals surface area contributed by atoms with Gasteiger partial charge in [-0.25, -0.2) is 0 Å². The van der Waals surface area contributed by atoms with Crippen molar-refractivity contribution in [3.63, 3.8) is 0 Å². The van der Waals surface area contributed by atoms with Crippen LogP contribution in [-0.2, 0) is 16.0 Å². The monoisotopic (exact) mass is 160 g/mol. The molecule has 0 aromatic rings. The Morgan fingerprint density at radius 3 is 1.71 bits per heavy atom. The van der Waals surface area contributed by atoms with E-state index in [2.05, 4.69) is 46.0 Å². The van der Waals surface area contributed by atoms with Crippen LogP contribution in [0.4, 0.5) is 0 Å². The van der Waals surface area contributed by atoms with Gasteiger partial charge >= 0.3 is 54.1 Å². The zero-order chi connectivity index (χ0) is 5.91. The summed E-state index contributed by atoms with van der Waals surface area (Å²) in [5.41, 5.74) is 2.98. The zero-order valence-corrected chi connectivity index (χ0v) is 6.74. The molecule has 0 nitrogen and oxygen atoms in total. The van der Waals surface area contributed by atoms with Crippen LogP contribution in [0.3, 0.4) is 0 Å². The second-order valence-electron chi connectivity index (χ2n) is 2.45. The molecule has 0 heterocycles. The first-order chi connectivity index (χ1) is 3.06. The molecular weight excluding hydrogens is 152 g/mol. The first-order valence-corrected chi connectivity index (χ1v) is 6.12. The second kappa shape index (κ2) is 2.57. The normalized spacial score (nSPS) is 9.86. The van der Waals surface area contributed by atoms with Crippen LogP contribution >= 0.6 is 0 Å². The Bertz CT molecular complexity index is 101. The van der Waals surface area contributed by atoms with E-state index in [1.54, 1.807) is 0 Å². The summed E-state index contributed by atoms with van der Waals surface area (Å²) < 4.78 is 0. The minimum atomic E-state index is -1.13. The van der Waals surface area contributed by atoms with Gasteiger partial charge in [-0.3, -0.25) is 0 Å². The Labute approximate surface area is 54.5 Å². The van der Waals surface area contributed by atoms with Gasteiger partial charge < -0.3 is 0 Å². The molecular formula is C5H9CuSi. The Balaban J connectivity index is 3.72. The fourth-order valence-corrected chi connectivity index (χ4v) is 1.40. The van der Waals surface area contributed by atoms with E-state index in [-0.39, 0.29) is 0 Å². The van der Waals surface area contributed by atoms with Crippen LogP contribution in [0.1, 0.15) is 0 Å². The fourth-order valence-electron chi connectivity index (χ4n) is 0.113. The molecule has 0 atom stereocenters. The summed E-state index contributed by atoms with van der Waals surface area (Å²) in [6.07, 6.45) is 0. The third kappa shape index (κ3) is 6.30. The molecule has 0 rings (SSSR count). The van der Waals surface area contributed by atoms with Crippen LogP contribution in [0.2, 0.25) is 19.6 Å². The van der Waals surface area contributed by atoms with E-state index in [1.807, 2.05) is 0 Å². The summed E-state index contributed by atoms with van der Waals surface area (Å²) >= 11 is 4.60. The molecule has 0 aromatic heterocycles. The quantitative estimate of drug-likeness (QED) is 0.371. The van der Waals surface area contributed by atoms with Gasteiger partial charge in [0.25, 0.3) is 0 Å². The van der Waals surface area contributed by atoms with Crippen LogP contribution in [-0.4, -0.2) is 8.07 Å². The standard InChI is InChI=1S/C5H9Si.Cu/c1-5-6(2,3)4;/h2-4H3;. The summed E-state index contributed by atoms with van der Waals surface area (Å²) in [5, 5.41) is 0. The number of hydrogen-bond acceptors (Lipinski definition) is 0. The molecule has 0 unspecified atom stereocenters. The van der Waals surface area contributed by atoms with Crippen molar-refractivity contribution in [3.8, 4) is 10.4 Å². The first-order valence-electron chi connectivity index (χ1n) is 2.15. The van der Waals surface area contributed by atoms with Gasteiger partial charge in [0.2, 0.25) is 0 Å². The van der Waals surface area contributed by atoms with Crippen molar-refractivity contribution >= 4 is 8.07 Å². The van der Waals surface area contributed by atoms with Crippen LogP contribution in [0.25, 0.3) is 0 Å². The maximum atomic E-state index is 4.60. The number of rotatable bonds is 0. The molecule has 0 aromatic carbocycles. The summed E-state index contributed by atoms with van der Waals surface area (Å²) in [4.78, 5) is 2.48. The van der Waals surface area contributed by atoms with Crippen molar-refractivity contribution in [2.75, 3.05) is 0 Å². The van der Waals surface area contributed by atoms with Gasteiger partial charge in [0.15, 0.2) is 0 Å². The Morgan fingerprint density at radius 1 is 1.29 bits per heavy atom. The molecule has 0 spiro atoms. The third-order valence-electron chi connectivity index (χ3n) is 0.413. The maximum absolute atomic E-state index is 4.60. The Hall–Kier alpha value is 0.296. The molecule has 0 fully saturated rings. The van der Waals surface area contributed by atoms with Crippen molar-refractivity contribution in [2.24, 2.45) is 0 Å². The topological polar surface area (TPSA) is 0 Å². The molecule has 0 amide bonds. The van der Waals surface area contributed by atoms with Gasteiger partial charge in [0.1, 0.15) is 0 Å². The van der Waals surface area contributed by atoms with Crippen molar-refractivity contribution in [3.05, 3.63) is 0 Å². The summed E-state index contributed by atoms with van der Waals surface area (Å²) in [6, 6.07) is 0. The van der Waals surface area contributed by atoms with Crippen molar-refractivity contribution in [1.82, 2.24) is 0 Å². The van der Waals surface area contributed by atoms with Crippen LogP contribution in [0.15, 0.2) is 0 Å². The van der Waals surface area contributed by atoms with Gasteiger partial charge in [-0.05, 0) is 0 Å². The van der Waals surface area contributed by atoms with E-state index in [9.17, 15) is 0 Å². The third-order valence-corrected chi connectivity index (χ3v) is 1.59. The molecule has 0 radical (unpaired) electrons. The molecule has 7 heavy (non-hydrogen) atoms. The molecule has 0 aliphatic heterocycles. The van der Waals surface area contributed by atoms with Gasteiger partial charge in [0, 0.05) is 0 Å². The fraction of sp³-hybridized carbons (Fsp3) is 0.600. The SMILES string of the molecule is C[Si](C)(C)C#[C][Cu]. The molecule has 44 valence electrons. The predicted octanol–water partition coefficient (Wildman–Crippen LogP) is 1.37. The number of hydrogen-bond donors (Lipinski definition) is 0. The molecule has 0 N–H and O–H groups in total. The van der Waals surface area contributed by atoms with Crippen molar-refractivity contribution in [2.45, 2.75) is 19.6 Å². The van der Waals surface area contributed by atoms with Crippen LogP contribution < -0.4 is 0 Å². The second-order valence-corrected chi connectivity index (χ2v) is 7.44. The van der Waals surface area contributed by atoms with Crippen molar-refractivity contribution in [1.29, 1.82) is 0 Å². The van der Waals surface area contributed by atoms with E-state index in [4.69, 9.17) is 0 Å².